The van der Waals surface area contributed by atoms with Gasteiger partial charge in [0.2, 0.25) is 0 Å². The minimum Gasteiger partial charge on any atom is -0.493 e. The molecule has 1 aromatic heterocycles. The highest BCUT2D eigenvalue weighted by Gasteiger charge is 2.13. The van der Waals surface area contributed by atoms with Gasteiger partial charge in [-0.25, -0.2) is 0 Å². The number of anilines is 1. The zero-order valence-corrected chi connectivity index (χ0v) is 10.6. The summed E-state index contributed by atoms with van der Waals surface area (Å²) in [5.74, 6) is 1.73. The van der Waals surface area contributed by atoms with Gasteiger partial charge in [0.1, 0.15) is 11.6 Å². The van der Waals surface area contributed by atoms with E-state index < -0.39 is 0 Å². The topological polar surface area (TPSA) is 73.1 Å². The van der Waals surface area contributed by atoms with Gasteiger partial charge in [0.05, 0.1) is 12.3 Å². The predicted molar refractivity (Wildman–Crippen MR) is 74.2 cm³/mol. The molecule has 0 amide bonds. The average Bonchev–Trinajstić information content (AvgIpc) is 2.93. The van der Waals surface area contributed by atoms with Crippen molar-refractivity contribution in [2.75, 3.05) is 25.0 Å². The van der Waals surface area contributed by atoms with Gasteiger partial charge in [-0.1, -0.05) is 0 Å². The third-order valence-corrected chi connectivity index (χ3v) is 3.10. The van der Waals surface area contributed by atoms with Crippen LogP contribution in [0.4, 0.5) is 5.82 Å². The number of nitrogens with one attached hydrogen (secondary N) is 1. The fraction of sp³-hybridized carbons (Fsp3) is 0.286. The molecular formula is C14H16N4O. The van der Waals surface area contributed by atoms with E-state index >= 15 is 0 Å². The van der Waals surface area contributed by atoms with Crippen LogP contribution in [0.25, 0.3) is 11.3 Å². The second-order valence-corrected chi connectivity index (χ2v) is 4.44. The van der Waals surface area contributed by atoms with Crippen molar-refractivity contribution in [2.45, 2.75) is 6.42 Å². The third kappa shape index (κ3) is 2.51. The van der Waals surface area contributed by atoms with Crippen molar-refractivity contribution in [3.63, 3.8) is 0 Å². The van der Waals surface area contributed by atoms with Crippen molar-refractivity contribution in [3.8, 4) is 17.0 Å². The first-order valence-electron chi connectivity index (χ1n) is 6.40. The number of nitrogens with zero attached hydrogens (tertiary/aromatic N) is 2. The van der Waals surface area contributed by atoms with E-state index in [2.05, 4.69) is 21.6 Å². The molecule has 0 spiro atoms. The molecule has 3 N–H and O–H groups in total. The number of aromatic nitrogens is 2. The summed E-state index contributed by atoms with van der Waals surface area (Å²) in [4.78, 5) is 0. The highest BCUT2D eigenvalue weighted by Crippen LogP contribution is 2.29. The second kappa shape index (κ2) is 5.24. The van der Waals surface area contributed by atoms with Crippen molar-refractivity contribution in [1.82, 2.24) is 10.2 Å². The van der Waals surface area contributed by atoms with E-state index in [1.807, 2.05) is 24.3 Å². The number of nitrogens with two attached hydrogens (primary N) is 1. The van der Waals surface area contributed by atoms with E-state index in [0.29, 0.717) is 13.1 Å². The lowest BCUT2D eigenvalue weighted by atomic mass is 10.1. The molecule has 0 atom stereocenters. The Morgan fingerprint density at radius 3 is 2.95 bits per heavy atom. The molecule has 0 saturated heterocycles. The largest absolute Gasteiger partial charge is 0.493 e. The summed E-state index contributed by atoms with van der Waals surface area (Å²) in [7, 11) is 0. The normalized spacial score (nSPS) is 12.9. The number of rotatable bonds is 4. The molecule has 5 heteroatoms. The molecule has 3 rings (SSSR count). The minimum atomic E-state index is 0.578. The monoisotopic (exact) mass is 256 g/mol. The standard InChI is InChI=1S/C14H16N4O/c15-6-7-16-14-4-2-12(17-18-14)10-1-3-13-11(9-10)5-8-19-13/h1-4,9H,5-8,15H2,(H,16,18). The van der Waals surface area contributed by atoms with Gasteiger partial charge >= 0.3 is 0 Å². The molecule has 1 aromatic carbocycles. The zero-order chi connectivity index (χ0) is 13.1. The van der Waals surface area contributed by atoms with E-state index in [4.69, 9.17) is 10.5 Å². The summed E-state index contributed by atoms with van der Waals surface area (Å²) >= 11 is 0. The van der Waals surface area contributed by atoms with Crippen LogP contribution in [0.1, 0.15) is 5.56 Å². The van der Waals surface area contributed by atoms with E-state index in [9.17, 15) is 0 Å². The van der Waals surface area contributed by atoms with Crippen molar-refractivity contribution >= 4 is 5.82 Å². The molecule has 0 radical (unpaired) electrons. The summed E-state index contributed by atoms with van der Waals surface area (Å²) in [6, 6.07) is 10.0. The van der Waals surface area contributed by atoms with E-state index in [1.165, 1.54) is 5.56 Å². The fourth-order valence-corrected chi connectivity index (χ4v) is 2.13. The van der Waals surface area contributed by atoms with Crippen molar-refractivity contribution in [3.05, 3.63) is 35.9 Å². The van der Waals surface area contributed by atoms with Gasteiger partial charge in [-0.2, -0.15) is 0 Å². The first-order chi connectivity index (χ1) is 9.36. The quantitative estimate of drug-likeness (QED) is 0.866. The maximum absolute atomic E-state index is 5.49. The lowest BCUT2D eigenvalue weighted by Crippen LogP contribution is -2.14. The summed E-state index contributed by atoms with van der Waals surface area (Å²) in [6.07, 6.45) is 0.965. The number of ether oxygens (including phenoxy) is 1. The molecule has 5 nitrogen and oxygen atoms in total. The summed E-state index contributed by atoms with van der Waals surface area (Å²) in [6.45, 7) is 2.05. The second-order valence-electron chi connectivity index (χ2n) is 4.44. The van der Waals surface area contributed by atoms with Gasteiger partial charge in [0.25, 0.3) is 0 Å². The summed E-state index contributed by atoms with van der Waals surface area (Å²) in [5.41, 5.74) is 8.61. The molecule has 98 valence electrons. The van der Waals surface area contributed by atoms with Crippen LogP contribution in [0.15, 0.2) is 30.3 Å². The van der Waals surface area contributed by atoms with Gasteiger partial charge in [0, 0.05) is 25.1 Å². The molecule has 2 aromatic rings. The molecule has 0 fully saturated rings. The Balaban J connectivity index is 1.82. The van der Waals surface area contributed by atoms with Crippen LogP contribution in [-0.4, -0.2) is 29.9 Å². The van der Waals surface area contributed by atoms with Gasteiger partial charge in [-0.3, -0.25) is 0 Å². The Morgan fingerprint density at radius 1 is 1.21 bits per heavy atom. The number of benzene rings is 1. The van der Waals surface area contributed by atoms with Crippen LogP contribution in [0, 0.1) is 0 Å². The highest BCUT2D eigenvalue weighted by atomic mass is 16.5. The Morgan fingerprint density at radius 2 is 2.16 bits per heavy atom. The van der Waals surface area contributed by atoms with Gasteiger partial charge < -0.3 is 15.8 Å². The van der Waals surface area contributed by atoms with Crippen LogP contribution in [0.3, 0.4) is 0 Å². The molecule has 1 aliphatic heterocycles. The number of hydrogen-bond acceptors (Lipinski definition) is 5. The Bertz CT molecular complexity index is 568. The number of fused-ring (bicyclic) bond motifs is 1. The molecule has 19 heavy (non-hydrogen) atoms. The Labute approximate surface area is 111 Å². The molecule has 0 bridgehead atoms. The summed E-state index contributed by atoms with van der Waals surface area (Å²) < 4.78 is 5.49. The lowest BCUT2D eigenvalue weighted by Gasteiger charge is -2.05. The van der Waals surface area contributed by atoms with Crippen LogP contribution < -0.4 is 15.8 Å². The third-order valence-electron chi connectivity index (χ3n) is 3.10. The van der Waals surface area contributed by atoms with E-state index in [0.717, 1.165) is 35.9 Å². The minimum absolute atomic E-state index is 0.578. The van der Waals surface area contributed by atoms with Crippen LogP contribution >= 0.6 is 0 Å². The first-order valence-corrected chi connectivity index (χ1v) is 6.40. The molecule has 0 aliphatic carbocycles. The SMILES string of the molecule is NCCNc1ccc(-c2ccc3c(c2)CCO3)nn1. The first kappa shape index (κ1) is 11.9. The Hall–Kier alpha value is -2.14. The Kier molecular flexibility index (Phi) is 3.29. The summed E-state index contributed by atoms with van der Waals surface area (Å²) in [5, 5.41) is 11.5. The smallest absolute Gasteiger partial charge is 0.148 e. The maximum Gasteiger partial charge on any atom is 0.148 e. The average molecular weight is 256 g/mol. The highest BCUT2D eigenvalue weighted by molar-refractivity contribution is 5.63. The molecule has 0 saturated carbocycles. The fourth-order valence-electron chi connectivity index (χ4n) is 2.13. The van der Waals surface area contributed by atoms with Crippen LogP contribution in [0.5, 0.6) is 5.75 Å². The van der Waals surface area contributed by atoms with Crippen LogP contribution in [0.2, 0.25) is 0 Å². The zero-order valence-electron chi connectivity index (χ0n) is 10.6. The van der Waals surface area contributed by atoms with E-state index in [-0.39, 0.29) is 0 Å². The molecule has 0 unspecified atom stereocenters. The van der Waals surface area contributed by atoms with E-state index in [1.54, 1.807) is 0 Å². The van der Waals surface area contributed by atoms with Gasteiger partial charge in [-0.05, 0) is 35.9 Å². The van der Waals surface area contributed by atoms with Crippen molar-refractivity contribution in [1.29, 1.82) is 0 Å². The van der Waals surface area contributed by atoms with Crippen LogP contribution in [-0.2, 0) is 6.42 Å². The molecule has 2 heterocycles. The predicted octanol–water partition coefficient (Wildman–Crippen LogP) is 1.45. The molecular weight excluding hydrogens is 240 g/mol. The van der Waals surface area contributed by atoms with Gasteiger partial charge in [0.15, 0.2) is 0 Å². The maximum atomic E-state index is 5.49. The molecule has 1 aliphatic rings. The lowest BCUT2D eigenvalue weighted by molar-refractivity contribution is 0.357. The van der Waals surface area contributed by atoms with Crippen molar-refractivity contribution in [2.24, 2.45) is 5.73 Å². The number of hydrogen-bond donors (Lipinski definition) is 2. The van der Waals surface area contributed by atoms with Crippen molar-refractivity contribution < 1.29 is 4.74 Å². The van der Waals surface area contributed by atoms with Gasteiger partial charge in [-0.15, -0.1) is 10.2 Å².